The monoisotopic (exact) mass is 294 g/mol. The topological polar surface area (TPSA) is 108 Å². The van der Waals surface area contributed by atoms with Gasteiger partial charge in [0.1, 0.15) is 11.9 Å². The molecule has 0 saturated carbocycles. The molecule has 0 bridgehead atoms. The first-order valence-electron chi connectivity index (χ1n) is 6.73. The van der Waals surface area contributed by atoms with Crippen molar-refractivity contribution in [2.75, 3.05) is 13.1 Å². The summed E-state index contributed by atoms with van der Waals surface area (Å²) in [5.41, 5.74) is 1.12. The smallest absolute Gasteiger partial charge is 0.332 e. The third-order valence-electron chi connectivity index (χ3n) is 3.19. The quantitative estimate of drug-likeness (QED) is 0.596. The van der Waals surface area contributed by atoms with Gasteiger partial charge in [-0.3, -0.25) is 0 Å². The molecule has 1 unspecified atom stereocenters. The van der Waals surface area contributed by atoms with Crippen LogP contribution in [-0.2, 0) is 11.2 Å². The fourth-order valence-corrected chi connectivity index (χ4v) is 2.08. The zero-order valence-electron chi connectivity index (χ0n) is 11.4. The molecule has 7 heteroatoms. The van der Waals surface area contributed by atoms with E-state index in [0.29, 0.717) is 6.54 Å². The van der Waals surface area contributed by atoms with Crippen molar-refractivity contribution in [1.82, 2.24) is 10.6 Å². The first-order chi connectivity index (χ1) is 10.1. The highest BCUT2D eigenvalue weighted by Gasteiger charge is 2.22. The van der Waals surface area contributed by atoms with Gasteiger partial charge in [-0.05, 0) is 11.6 Å². The number of ether oxygens (including phenoxy) is 1. The molecule has 0 aliphatic carbocycles. The highest BCUT2D eigenvalue weighted by molar-refractivity contribution is 5.74. The predicted octanol–water partition coefficient (Wildman–Crippen LogP) is 0.125. The summed E-state index contributed by atoms with van der Waals surface area (Å²) in [7, 11) is 0. The van der Waals surface area contributed by atoms with Crippen LogP contribution in [0.5, 0.6) is 5.75 Å². The van der Waals surface area contributed by atoms with Crippen molar-refractivity contribution in [1.29, 1.82) is 0 Å². The van der Waals surface area contributed by atoms with E-state index in [1.807, 2.05) is 24.3 Å². The minimum absolute atomic E-state index is 0.0336. The lowest BCUT2D eigenvalue weighted by molar-refractivity contribution is -0.146. The lowest BCUT2D eigenvalue weighted by atomic mass is 10.1. The van der Waals surface area contributed by atoms with Crippen LogP contribution in [0.15, 0.2) is 24.3 Å². The van der Waals surface area contributed by atoms with Gasteiger partial charge in [-0.1, -0.05) is 18.2 Å². The van der Waals surface area contributed by atoms with E-state index >= 15 is 0 Å². The SMILES string of the molecule is O=C(NCC[C@H](O)C(=O)O)NCC1Cc2ccccc2O1. The fraction of sp³-hybridized carbons (Fsp3) is 0.429. The Hall–Kier alpha value is -2.28. The van der Waals surface area contributed by atoms with E-state index in [2.05, 4.69) is 10.6 Å². The first-order valence-corrected chi connectivity index (χ1v) is 6.73. The number of aliphatic carboxylic acids is 1. The Kier molecular flexibility index (Phi) is 4.99. The molecule has 2 atom stereocenters. The third kappa shape index (κ3) is 4.35. The Morgan fingerprint density at radius 1 is 1.33 bits per heavy atom. The van der Waals surface area contributed by atoms with Crippen LogP contribution < -0.4 is 15.4 Å². The molecule has 21 heavy (non-hydrogen) atoms. The number of rotatable bonds is 6. The molecule has 1 aliphatic rings. The van der Waals surface area contributed by atoms with Gasteiger partial charge in [0, 0.05) is 19.4 Å². The second-order valence-electron chi connectivity index (χ2n) is 4.83. The number of hydrogen-bond acceptors (Lipinski definition) is 4. The van der Waals surface area contributed by atoms with Gasteiger partial charge in [0.15, 0.2) is 6.10 Å². The van der Waals surface area contributed by atoms with Crippen molar-refractivity contribution < 1.29 is 24.5 Å². The summed E-state index contributed by atoms with van der Waals surface area (Å²) in [6.07, 6.45) is -0.849. The van der Waals surface area contributed by atoms with Gasteiger partial charge in [0.25, 0.3) is 0 Å². The Morgan fingerprint density at radius 3 is 2.81 bits per heavy atom. The van der Waals surface area contributed by atoms with E-state index in [1.165, 1.54) is 0 Å². The van der Waals surface area contributed by atoms with Gasteiger partial charge in [-0.2, -0.15) is 0 Å². The summed E-state index contributed by atoms with van der Waals surface area (Å²) < 4.78 is 5.67. The van der Waals surface area contributed by atoms with E-state index in [-0.39, 0.29) is 19.1 Å². The highest BCUT2D eigenvalue weighted by Crippen LogP contribution is 2.27. The number of benzene rings is 1. The van der Waals surface area contributed by atoms with E-state index in [9.17, 15) is 9.59 Å². The van der Waals surface area contributed by atoms with Crippen molar-refractivity contribution >= 4 is 12.0 Å². The second-order valence-corrected chi connectivity index (χ2v) is 4.83. The number of aliphatic hydroxyl groups excluding tert-OH is 1. The van der Waals surface area contributed by atoms with Gasteiger partial charge in [-0.15, -0.1) is 0 Å². The summed E-state index contributed by atoms with van der Waals surface area (Å²) >= 11 is 0. The molecule has 0 aromatic heterocycles. The normalized spacial score (nSPS) is 17.5. The van der Waals surface area contributed by atoms with Crippen LogP contribution in [0.4, 0.5) is 4.79 Å². The average molecular weight is 294 g/mol. The van der Waals surface area contributed by atoms with Crippen LogP contribution in [0.3, 0.4) is 0 Å². The maximum absolute atomic E-state index is 11.5. The number of para-hydroxylation sites is 1. The number of carboxylic acid groups (broad SMARTS) is 1. The molecule has 0 spiro atoms. The Labute approximate surface area is 121 Å². The molecular weight excluding hydrogens is 276 g/mol. The molecule has 7 nitrogen and oxygen atoms in total. The van der Waals surface area contributed by atoms with E-state index in [4.69, 9.17) is 14.9 Å². The maximum Gasteiger partial charge on any atom is 0.332 e. The van der Waals surface area contributed by atoms with Crippen LogP contribution in [0.2, 0.25) is 0 Å². The number of amides is 2. The number of carbonyl (C=O) groups excluding carboxylic acids is 1. The summed E-state index contributed by atoms with van der Waals surface area (Å²) in [6, 6.07) is 7.31. The lowest BCUT2D eigenvalue weighted by Crippen LogP contribution is -2.42. The van der Waals surface area contributed by atoms with Gasteiger partial charge in [-0.25, -0.2) is 9.59 Å². The minimum atomic E-state index is -1.46. The molecule has 2 amide bonds. The van der Waals surface area contributed by atoms with Crippen molar-refractivity contribution in [3.05, 3.63) is 29.8 Å². The Morgan fingerprint density at radius 2 is 2.10 bits per heavy atom. The molecule has 1 aromatic carbocycles. The number of carbonyl (C=O) groups is 2. The molecule has 4 N–H and O–H groups in total. The summed E-state index contributed by atoms with van der Waals surface area (Å²) in [5.74, 6) is -0.455. The van der Waals surface area contributed by atoms with Crippen molar-refractivity contribution in [2.24, 2.45) is 0 Å². The van der Waals surface area contributed by atoms with Gasteiger partial charge in [0.2, 0.25) is 0 Å². The highest BCUT2D eigenvalue weighted by atomic mass is 16.5. The molecule has 0 saturated heterocycles. The van der Waals surface area contributed by atoms with E-state index in [0.717, 1.165) is 17.7 Å². The summed E-state index contributed by atoms with van der Waals surface area (Å²) in [5, 5.41) is 22.7. The Bertz CT molecular complexity index is 495. The van der Waals surface area contributed by atoms with Crippen LogP contribution >= 0.6 is 0 Å². The third-order valence-corrected chi connectivity index (χ3v) is 3.19. The van der Waals surface area contributed by atoms with Gasteiger partial charge in [0.05, 0.1) is 6.54 Å². The van der Waals surface area contributed by atoms with Gasteiger partial charge < -0.3 is 25.6 Å². The minimum Gasteiger partial charge on any atom is -0.488 e. The zero-order valence-corrected chi connectivity index (χ0v) is 11.4. The van der Waals surface area contributed by atoms with E-state index < -0.39 is 18.1 Å². The number of aliphatic hydroxyl groups is 1. The zero-order chi connectivity index (χ0) is 15.2. The fourth-order valence-electron chi connectivity index (χ4n) is 2.08. The molecule has 1 aliphatic heterocycles. The number of urea groups is 1. The molecule has 1 aromatic rings. The lowest BCUT2D eigenvalue weighted by Gasteiger charge is -2.13. The molecule has 0 fully saturated rings. The molecular formula is C14H18N2O5. The molecule has 0 radical (unpaired) electrons. The average Bonchev–Trinajstić information content (AvgIpc) is 2.87. The van der Waals surface area contributed by atoms with E-state index in [1.54, 1.807) is 0 Å². The summed E-state index contributed by atoms with van der Waals surface area (Å²) in [4.78, 5) is 21.9. The maximum atomic E-state index is 11.5. The van der Waals surface area contributed by atoms with Crippen molar-refractivity contribution in [2.45, 2.75) is 25.0 Å². The number of fused-ring (bicyclic) bond motifs is 1. The molecule has 1 heterocycles. The second kappa shape index (κ2) is 6.94. The van der Waals surface area contributed by atoms with Crippen molar-refractivity contribution in [3.63, 3.8) is 0 Å². The van der Waals surface area contributed by atoms with Crippen LogP contribution in [-0.4, -0.2) is 47.5 Å². The van der Waals surface area contributed by atoms with Crippen LogP contribution in [0, 0.1) is 0 Å². The number of nitrogens with one attached hydrogen (secondary N) is 2. The largest absolute Gasteiger partial charge is 0.488 e. The predicted molar refractivity (Wildman–Crippen MR) is 74.2 cm³/mol. The first kappa shape index (κ1) is 15.1. The Balaban J connectivity index is 1.63. The van der Waals surface area contributed by atoms with Crippen LogP contribution in [0.1, 0.15) is 12.0 Å². The van der Waals surface area contributed by atoms with Gasteiger partial charge >= 0.3 is 12.0 Å². The molecule has 2 rings (SSSR count). The molecule has 114 valence electrons. The number of hydrogen-bond donors (Lipinski definition) is 4. The van der Waals surface area contributed by atoms with Crippen molar-refractivity contribution in [3.8, 4) is 5.75 Å². The standard InChI is InChI=1S/C14H18N2O5/c17-11(13(18)19)5-6-15-14(20)16-8-10-7-9-3-1-2-4-12(9)21-10/h1-4,10-11,17H,5-8H2,(H,18,19)(H2,15,16,20)/t10?,11-/m0/s1. The summed E-state index contributed by atoms with van der Waals surface area (Å²) in [6.45, 7) is 0.451. The van der Waals surface area contributed by atoms with Crippen LogP contribution in [0.25, 0.3) is 0 Å². The number of carboxylic acids is 1.